The summed E-state index contributed by atoms with van der Waals surface area (Å²) >= 11 is 0. The van der Waals surface area contributed by atoms with Crippen molar-refractivity contribution in [1.82, 2.24) is 15.6 Å². The highest BCUT2D eigenvalue weighted by atomic mass is 16.4. The highest BCUT2D eigenvalue weighted by molar-refractivity contribution is 5.91. The molecule has 1 unspecified atom stereocenters. The minimum Gasteiger partial charge on any atom is -0.465 e. The zero-order valence-corrected chi connectivity index (χ0v) is 15.2. The lowest BCUT2D eigenvalue weighted by atomic mass is 9.91. The van der Waals surface area contributed by atoms with Gasteiger partial charge in [-0.2, -0.15) is 0 Å². The van der Waals surface area contributed by atoms with Gasteiger partial charge >= 0.3 is 6.09 Å². The highest BCUT2D eigenvalue weighted by Gasteiger charge is 2.35. The number of carbonyl (C=O) groups is 2. The summed E-state index contributed by atoms with van der Waals surface area (Å²) in [5, 5.41) is 15.5. The Kier molecular flexibility index (Phi) is 5.45. The van der Waals surface area contributed by atoms with Crippen molar-refractivity contribution in [3.8, 4) is 0 Å². The first-order valence-corrected chi connectivity index (χ1v) is 8.86. The second-order valence-electron chi connectivity index (χ2n) is 6.79. The molecule has 0 saturated carbocycles. The molecule has 1 aromatic heterocycles. The van der Waals surface area contributed by atoms with Gasteiger partial charge in [-0.05, 0) is 30.5 Å². The van der Waals surface area contributed by atoms with Gasteiger partial charge in [0.15, 0.2) is 0 Å². The Balaban J connectivity index is 1.73. The molecule has 1 heterocycles. The number of rotatable bonds is 7. The van der Waals surface area contributed by atoms with Crippen LogP contribution in [0.3, 0.4) is 0 Å². The van der Waals surface area contributed by atoms with Crippen LogP contribution in [0.4, 0.5) is 4.79 Å². The molecular formula is C21H23N3O3. The highest BCUT2D eigenvalue weighted by Crippen LogP contribution is 2.23. The molecule has 6 nitrogen and oxygen atoms in total. The number of nitrogens with one attached hydrogen (secondary N) is 3. The SMILES string of the molecule is CC(Cc1c[nH]c2ccccc12)(NC(=O)O)C(=O)NCCc1ccccc1. The summed E-state index contributed by atoms with van der Waals surface area (Å²) in [5.74, 6) is -0.342. The van der Waals surface area contributed by atoms with Crippen molar-refractivity contribution in [3.63, 3.8) is 0 Å². The van der Waals surface area contributed by atoms with E-state index in [4.69, 9.17) is 0 Å². The number of benzene rings is 2. The van der Waals surface area contributed by atoms with Crippen LogP contribution in [0.25, 0.3) is 10.9 Å². The summed E-state index contributed by atoms with van der Waals surface area (Å²) in [6.07, 6.45) is 1.53. The van der Waals surface area contributed by atoms with Gasteiger partial charge in [-0.1, -0.05) is 48.5 Å². The molecular weight excluding hydrogens is 342 g/mol. The monoisotopic (exact) mass is 365 g/mol. The second-order valence-corrected chi connectivity index (χ2v) is 6.79. The minimum atomic E-state index is -1.27. The summed E-state index contributed by atoms with van der Waals surface area (Å²) in [6.45, 7) is 2.05. The predicted octanol–water partition coefficient (Wildman–Crippen LogP) is 3.10. The number of hydrogen-bond acceptors (Lipinski definition) is 2. The van der Waals surface area contributed by atoms with Crippen molar-refractivity contribution < 1.29 is 14.7 Å². The van der Waals surface area contributed by atoms with Gasteiger partial charge in [0.1, 0.15) is 5.54 Å². The summed E-state index contributed by atoms with van der Waals surface area (Å²) in [7, 11) is 0. The molecule has 3 aromatic rings. The molecule has 2 amide bonds. The predicted molar refractivity (Wildman–Crippen MR) is 105 cm³/mol. The van der Waals surface area contributed by atoms with Crippen LogP contribution in [0, 0.1) is 0 Å². The van der Waals surface area contributed by atoms with Crippen LogP contribution >= 0.6 is 0 Å². The van der Waals surface area contributed by atoms with Gasteiger partial charge in [0, 0.05) is 30.1 Å². The number of aromatic amines is 1. The van der Waals surface area contributed by atoms with Gasteiger partial charge in [0.05, 0.1) is 0 Å². The summed E-state index contributed by atoms with van der Waals surface area (Å²) < 4.78 is 0. The maximum atomic E-state index is 12.8. The van der Waals surface area contributed by atoms with E-state index < -0.39 is 11.6 Å². The fraction of sp³-hybridized carbons (Fsp3) is 0.238. The fourth-order valence-corrected chi connectivity index (χ4v) is 3.24. The molecule has 140 valence electrons. The quantitative estimate of drug-likeness (QED) is 0.518. The molecule has 0 aliphatic rings. The number of para-hydroxylation sites is 1. The standard InChI is InChI=1S/C21H23N3O3/c1-21(24-20(26)27,13-16-14-23-18-10-6-5-9-17(16)18)19(25)22-12-11-15-7-3-2-4-8-15/h2-10,14,23-24H,11-13H2,1H3,(H,22,25)(H,26,27). The number of H-pyrrole nitrogens is 1. The van der Waals surface area contributed by atoms with E-state index >= 15 is 0 Å². The third-order valence-electron chi connectivity index (χ3n) is 4.64. The number of carbonyl (C=O) groups excluding carboxylic acids is 1. The maximum absolute atomic E-state index is 12.8. The van der Waals surface area contributed by atoms with E-state index in [0.717, 1.165) is 22.0 Å². The van der Waals surface area contributed by atoms with Crippen molar-refractivity contribution in [2.75, 3.05) is 6.54 Å². The molecule has 27 heavy (non-hydrogen) atoms. The lowest BCUT2D eigenvalue weighted by Crippen LogP contribution is -2.58. The third-order valence-corrected chi connectivity index (χ3v) is 4.64. The van der Waals surface area contributed by atoms with Crippen molar-refractivity contribution in [2.45, 2.75) is 25.3 Å². The topological polar surface area (TPSA) is 94.2 Å². The summed E-state index contributed by atoms with van der Waals surface area (Å²) in [5.41, 5.74) is 1.69. The number of fused-ring (bicyclic) bond motifs is 1. The maximum Gasteiger partial charge on any atom is 0.405 e. The number of amides is 2. The zero-order valence-electron chi connectivity index (χ0n) is 15.2. The van der Waals surface area contributed by atoms with Crippen LogP contribution in [0.5, 0.6) is 0 Å². The number of hydrogen-bond donors (Lipinski definition) is 4. The van der Waals surface area contributed by atoms with Gasteiger partial charge in [-0.25, -0.2) is 4.79 Å². The molecule has 0 aliphatic carbocycles. The molecule has 2 aromatic carbocycles. The summed E-state index contributed by atoms with van der Waals surface area (Å²) in [4.78, 5) is 27.3. The lowest BCUT2D eigenvalue weighted by molar-refractivity contribution is -0.126. The van der Waals surface area contributed by atoms with Gasteiger partial charge < -0.3 is 20.7 Å². The Morgan fingerprint density at radius 2 is 1.78 bits per heavy atom. The first kappa shape index (κ1) is 18.5. The van der Waals surface area contributed by atoms with Crippen LogP contribution in [-0.2, 0) is 17.6 Å². The molecule has 0 aliphatic heterocycles. The van der Waals surface area contributed by atoms with Gasteiger partial charge in [-0.3, -0.25) is 4.79 Å². The molecule has 0 saturated heterocycles. The van der Waals surface area contributed by atoms with Gasteiger partial charge in [-0.15, -0.1) is 0 Å². The Morgan fingerprint density at radius 3 is 2.52 bits per heavy atom. The Bertz CT molecular complexity index is 936. The van der Waals surface area contributed by atoms with Crippen LogP contribution in [0.15, 0.2) is 60.8 Å². The first-order valence-electron chi connectivity index (χ1n) is 8.86. The van der Waals surface area contributed by atoms with E-state index in [-0.39, 0.29) is 12.3 Å². The Labute approximate surface area is 157 Å². The van der Waals surface area contributed by atoms with E-state index in [1.54, 1.807) is 6.92 Å². The van der Waals surface area contributed by atoms with Crippen molar-refractivity contribution in [1.29, 1.82) is 0 Å². The first-order chi connectivity index (χ1) is 13.0. The second kappa shape index (κ2) is 7.95. The molecule has 1 atom stereocenters. The van der Waals surface area contributed by atoms with Crippen molar-refractivity contribution >= 4 is 22.9 Å². The average molecular weight is 365 g/mol. The third kappa shape index (κ3) is 4.47. The molecule has 0 radical (unpaired) electrons. The molecule has 0 fully saturated rings. The normalized spacial score (nSPS) is 13.1. The minimum absolute atomic E-state index is 0.250. The number of carboxylic acid groups (broad SMARTS) is 1. The number of aromatic nitrogens is 1. The van der Waals surface area contributed by atoms with Crippen LogP contribution in [0.1, 0.15) is 18.1 Å². The van der Waals surface area contributed by atoms with Crippen LogP contribution in [-0.4, -0.2) is 34.2 Å². The molecule has 6 heteroatoms. The van der Waals surface area contributed by atoms with E-state index in [1.807, 2.05) is 60.8 Å². The van der Waals surface area contributed by atoms with E-state index in [9.17, 15) is 14.7 Å². The largest absolute Gasteiger partial charge is 0.465 e. The molecule has 4 N–H and O–H groups in total. The fourth-order valence-electron chi connectivity index (χ4n) is 3.24. The van der Waals surface area contributed by atoms with Crippen molar-refractivity contribution in [2.24, 2.45) is 0 Å². The van der Waals surface area contributed by atoms with Crippen LogP contribution < -0.4 is 10.6 Å². The van der Waals surface area contributed by atoms with E-state index in [2.05, 4.69) is 15.6 Å². The smallest absolute Gasteiger partial charge is 0.405 e. The van der Waals surface area contributed by atoms with Gasteiger partial charge in [0.2, 0.25) is 5.91 Å². The molecule has 0 spiro atoms. The van der Waals surface area contributed by atoms with E-state index in [0.29, 0.717) is 13.0 Å². The summed E-state index contributed by atoms with van der Waals surface area (Å²) in [6, 6.07) is 17.6. The Hall–Kier alpha value is -3.28. The molecule has 0 bridgehead atoms. The van der Waals surface area contributed by atoms with E-state index in [1.165, 1.54) is 0 Å². The molecule has 3 rings (SSSR count). The average Bonchev–Trinajstić information content (AvgIpc) is 3.04. The van der Waals surface area contributed by atoms with Crippen molar-refractivity contribution in [3.05, 3.63) is 71.9 Å². The zero-order chi connectivity index (χ0) is 19.3. The van der Waals surface area contributed by atoms with Crippen LogP contribution in [0.2, 0.25) is 0 Å². The Morgan fingerprint density at radius 1 is 1.07 bits per heavy atom. The van der Waals surface area contributed by atoms with Gasteiger partial charge in [0.25, 0.3) is 0 Å². The lowest BCUT2D eigenvalue weighted by Gasteiger charge is -2.28.